The van der Waals surface area contributed by atoms with Gasteiger partial charge in [-0.25, -0.2) is 0 Å². The first-order valence-corrected chi connectivity index (χ1v) is 4.72. The summed E-state index contributed by atoms with van der Waals surface area (Å²) in [6, 6.07) is -0.602. The van der Waals surface area contributed by atoms with Crippen LogP contribution in [0.15, 0.2) is 11.6 Å². The van der Waals surface area contributed by atoms with E-state index in [1.165, 1.54) is 0 Å². The maximum absolute atomic E-state index is 11.9. The first kappa shape index (κ1) is 11.1. The van der Waals surface area contributed by atoms with E-state index in [1.807, 2.05) is 13.8 Å². The molecule has 0 heterocycles. The van der Waals surface area contributed by atoms with Gasteiger partial charge in [0.2, 0.25) is 0 Å². The summed E-state index contributed by atoms with van der Waals surface area (Å²) >= 11 is 0. The molecule has 1 unspecified atom stereocenters. The lowest BCUT2D eigenvalue weighted by atomic mass is 9.75. The van der Waals surface area contributed by atoms with Gasteiger partial charge in [0.25, 0.3) is 0 Å². The molecule has 0 saturated carbocycles. The Morgan fingerprint density at radius 2 is 1.79 bits per heavy atom. The van der Waals surface area contributed by atoms with Crippen LogP contribution < -0.4 is 0 Å². The second-order valence-corrected chi connectivity index (χ2v) is 4.64. The second kappa shape index (κ2) is 3.31. The number of rotatable bonds is 1. The summed E-state index contributed by atoms with van der Waals surface area (Å²) in [5.74, 6) is -0.0857. The minimum Gasteiger partial charge on any atom is -0.296 e. The smallest absolute Gasteiger partial charge is 0.182 e. The highest BCUT2D eigenvalue weighted by Gasteiger charge is 2.42. The molecule has 0 aromatic carbocycles. The molecular formula is C11H17NO2. The van der Waals surface area contributed by atoms with Gasteiger partial charge in [-0.2, -0.15) is 0 Å². The van der Waals surface area contributed by atoms with Crippen LogP contribution in [-0.4, -0.2) is 36.6 Å². The van der Waals surface area contributed by atoms with E-state index in [0.29, 0.717) is 5.57 Å². The van der Waals surface area contributed by atoms with Crippen molar-refractivity contribution in [2.45, 2.75) is 26.8 Å². The zero-order chi connectivity index (χ0) is 11.1. The van der Waals surface area contributed by atoms with Crippen molar-refractivity contribution < 1.29 is 9.59 Å². The Kier molecular flexibility index (Phi) is 2.63. The maximum atomic E-state index is 11.9. The van der Waals surface area contributed by atoms with Gasteiger partial charge in [-0.1, -0.05) is 6.08 Å². The van der Waals surface area contributed by atoms with Gasteiger partial charge in [0, 0.05) is 5.41 Å². The van der Waals surface area contributed by atoms with Gasteiger partial charge in [-0.15, -0.1) is 0 Å². The normalized spacial score (nSPS) is 26.7. The fourth-order valence-corrected chi connectivity index (χ4v) is 1.84. The number of nitrogens with zero attached hydrogens (tertiary/aromatic N) is 1. The lowest BCUT2D eigenvalue weighted by Gasteiger charge is -2.33. The van der Waals surface area contributed by atoms with Crippen LogP contribution in [0, 0.1) is 5.41 Å². The second-order valence-electron chi connectivity index (χ2n) is 4.64. The predicted molar refractivity (Wildman–Crippen MR) is 55.0 cm³/mol. The average molecular weight is 195 g/mol. The lowest BCUT2D eigenvalue weighted by Crippen LogP contribution is -2.51. The molecule has 0 bridgehead atoms. The van der Waals surface area contributed by atoms with Crippen molar-refractivity contribution in [2.24, 2.45) is 5.41 Å². The summed E-state index contributed by atoms with van der Waals surface area (Å²) in [6.07, 6.45) is 1.76. The van der Waals surface area contributed by atoms with Crippen molar-refractivity contribution in [3.8, 4) is 0 Å². The van der Waals surface area contributed by atoms with Crippen molar-refractivity contribution in [3.05, 3.63) is 11.6 Å². The molecule has 3 heteroatoms. The Bertz CT molecular complexity index is 313. The molecule has 14 heavy (non-hydrogen) atoms. The van der Waals surface area contributed by atoms with Crippen molar-refractivity contribution in [2.75, 3.05) is 14.1 Å². The van der Waals surface area contributed by atoms with E-state index in [2.05, 4.69) is 0 Å². The van der Waals surface area contributed by atoms with Gasteiger partial charge in [0.05, 0.1) is 0 Å². The van der Waals surface area contributed by atoms with Gasteiger partial charge in [0.15, 0.2) is 11.6 Å². The Morgan fingerprint density at radius 1 is 1.29 bits per heavy atom. The van der Waals surface area contributed by atoms with Gasteiger partial charge in [-0.3, -0.25) is 14.5 Å². The molecule has 1 aliphatic carbocycles. The topological polar surface area (TPSA) is 37.4 Å². The standard InChI is InChI=1S/C11H17NO2/c1-7-6-11(2,3)10(14)8(9(7)13)12(4)5/h6,8H,1-5H3. The molecular weight excluding hydrogens is 178 g/mol. The van der Waals surface area contributed by atoms with Crippen LogP contribution in [-0.2, 0) is 9.59 Å². The molecule has 0 aromatic heterocycles. The van der Waals surface area contributed by atoms with Crippen LogP contribution in [0.2, 0.25) is 0 Å². The quantitative estimate of drug-likeness (QED) is 0.587. The first-order chi connectivity index (χ1) is 6.27. The van der Waals surface area contributed by atoms with Crippen molar-refractivity contribution in [1.82, 2.24) is 4.90 Å². The number of carbonyl (C=O) groups excluding carboxylic acids is 2. The lowest BCUT2D eigenvalue weighted by molar-refractivity contribution is -0.137. The molecule has 0 N–H and O–H groups in total. The van der Waals surface area contributed by atoms with Crippen LogP contribution >= 0.6 is 0 Å². The number of ketones is 2. The zero-order valence-corrected chi connectivity index (χ0v) is 9.42. The largest absolute Gasteiger partial charge is 0.296 e. The predicted octanol–water partition coefficient (Wildman–Crippen LogP) is 1.04. The van der Waals surface area contributed by atoms with Crippen molar-refractivity contribution in [1.29, 1.82) is 0 Å². The number of Topliss-reactive ketones (excluding diaryl/α,β-unsaturated/α-hetero) is 2. The number of hydrogen-bond acceptors (Lipinski definition) is 3. The molecule has 0 spiro atoms. The van der Waals surface area contributed by atoms with Crippen molar-refractivity contribution in [3.63, 3.8) is 0 Å². The van der Waals surface area contributed by atoms with Gasteiger partial charge < -0.3 is 0 Å². The minimum absolute atomic E-state index is 0.0156. The third-order valence-corrected chi connectivity index (χ3v) is 2.61. The summed E-state index contributed by atoms with van der Waals surface area (Å²) in [6.45, 7) is 5.47. The molecule has 0 aromatic rings. The minimum atomic E-state index is -0.602. The Balaban J connectivity index is 3.19. The number of likely N-dealkylation sites (N-methyl/N-ethyl adjacent to an activating group) is 1. The Morgan fingerprint density at radius 3 is 2.21 bits per heavy atom. The first-order valence-electron chi connectivity index (χ1n) is 4.72. The van der Waals surface area contributed by atoms with E-state index < -0.39 is 11.5 Å². The zero-order valence-electron chi connectivity index (χ0n) is 9.42. The van der Waals surface area contributed by atoms with E-state index in [0.717, 1.165) is 0 Å². The fraction of sp³-hybridized carbons (Fsp3) is 0.636. The van der Waals surface area contributed by atoms with Crippen LogP contribution in [0.3, 0.4) is 0 Å². The molecule has 0 amide bonds. The van der Waals surface area contributed by atoms with E-state index in [-0.39, 0.29) is 11.6 Å². The molecule has 1 aliphatic rings. The Hall–Kier alpha value is -0.960. The molecule has 3 nitrogen and oxygen atoms in total. The Labute approximate surface area is 84.8 Å². The summed E-state index contributed by atoms with van der Waals surface area (Å²) in [5.41, 5.74) is 0.167. The molecule has 0 saturated heterocycles. The highest BCUT2D eigenvalue weighted by molar-refractivity contribution is 6.18. The van der Waals surface area contributed by atoms with Crippen LogP contribution in [0.4, 0.5) is 0 Å². The van der Waals surface area contributed by atoms with Gasteiger partial charge in [0.1, 0.15) is 6.04 Å². The van der Waals surface area contributed by atoms with E-state index in [9.17, 15) is 9.59 Å². The van der Waals surface area contributed by atoms with Crippen molar-refractivity contribution >= 4 is 11.6 Å². The molecule has 1 rings (SSSR count). The number of hydrogen-bond donors (Lipinski definition) is 0. The molecule has 1 atom stereocenters. The van der Waals surface area contributed by atoms with Gasteiger partial charge in [-0.05, 0) is 40.4 Å². The third kappa shape index (κ3) is 1.64. The fourth-order valence-electron chi connectivity index (χ4n) is 1.84. The highest BCUT2D eigenvalue weighted by atomic mass is 16.2. The van der Waals surface area contributed by atoms with E-state index in [1.54, 1.807) is 32.0 Å². The van der Waals surface area contributed by atoms with Crippen LogP contribution in [0.5, 0.6) is 0 Å². The molecule has 0 radical (unpaired) electrons. The van der Waals surface area contributed by atoms with E-state index in [4.69, 9.17) is 0 Å². The molecule has 0 aliphatic heterocycles. The summed E-state index contributed by atoms with van der Waals surface area (Å²) in [5, 5.41) is 0. The highest BCUT2D eigenvalue weighted by Crippen LogP contribution is 2.29. The van der Waals surface area contributed by atoms with Crippen LogP contribution in [0.1, 0.15) is 20.8 Å². The summed E-state index contributed by atoms with van der Waals surface area (Å²) in [4.78, 5) is 25.4. The summed E-state index contributed by atoms with van der Waals surface area (Å²) < 4.78 is 0. The monoisotopic (exact) mass is 195 g/mol. The van der Waals surface area contributed by atoms with Gasteiger partial charge >= 0.3 is 0 Å². The average Bonchev–Trinajstić information content (AvgIpc) is 2.00. The SMILES string of the molecule is CC1=CC(C)(C)C(=O)C(N(C)C)C1=O. The third-order valence-electron chi connectivity index (χ3n) is 2.61. The van der Waals surface area contributed by atoms with E-state index >= 15 is 0 Å². The maximum Gasteiger partial charge on any atom is 0.182 e. The number of allylic oxidation sites excluding steroid dienone is 1. The number of carbonyl (C=O) groups is 2. The van der Waals surface area contributed by atoms with Crippen LogP contribution in [0.25, 0.3) is 0 Å². The molecule has 0 fully saturated rings. The summed E-state index contributed by atoms with van der Waals surface area (Å²) in [7, 11) is 3.52. The molecule has 78 valence electrons.